The van der Waals surface area contributed by atoms with E-state index in [1.807, 2.05) is 11.6 Å². The molecule has 1 atom stereocenters. The number of unbranched alkanes of at least 4 members (excludes halogenated alkanes) is 1. The smallest absolute Gasteiger partial charge is 0.191 e. The number of likely N-dealkylation sites (tertiary alicyclic amines) is 1. The summed E-state index contributed by atoms with van der Waals surface area (Å²) in [4.78, 5) is 6.99. The molecule has 1 aromatic heterocycles. The molecule has 0 amide bonds. The van der Waals surface area contributed by atoms with Gasteiger partial charge in [-0.1, -0.05) is 18.6 Å². The van der Waals surface area contributed by atoms with Gasteiger partial charge in [0.25, 0.3) is 0 Å². The van der Waals surface area contributed by atoms with Gasteiger partial charge in [0, 0.05) is 26.7 Å². The van der Waals surface area contributed by atoms with Crippen LogP contribution < -0.4 is 15.4 Å². The van der Waals surface area contributed by atoms with E-state index < -0.39 is 0 Å². The van der Waals surface area contributed by atoms with Crippen LogP contribution in [-0.2, 0) is 6.54 Å². The van der Waals surface area contributed by atoms with Crippen molar-refractivity contribution in [1.82, 2.24) is 30.3 Å². The molecule has 2 aromatic rings. The zero-order valence-corrected chi connectivity index (χ0v) is 21.0. The molecule has 1 saturated heterocycles. The number of hydrogen-bond acceptors (Lipinski definition) is 5. The van der Waals surface area contributed by atoms with Gasteiger partial charge < -0.3 is 19.9 Å². The molecule has 9 heteroatoms. The van der Waals surface area contributed by atoms with Gasteiger partial charge in [-0.05, 0) is 56.5 Å². The second-order valence-corrected chi connectivity index (χ2v) is 7.67. The molecular formula is C22H36IN7O. The number of rotatable bonds is 10. The average Bonchev–Trinajstić information content (AvgIpc) is 3.32. The fourth-order valence-corrected chi connectivity index (χ4v) is 3.89. The fourth-order valence-electron chi connectivity index (χ4n) is 3.89. The summed E-state index contributed by atoms with van der Waals surface area (Å²) >= 11 is 0. The Hall–Kier alpha value is -1.88. The third-order valence-electron chi connectivity index (χ3n) is 5.62. The summed E-state index contributed by atoms with van der Waals surface area (Å²) in [7, 11) is 3.54. The summed E-state index contributed by atoms with van der Waals surface area (Å²) in [6.45, 7) is 4.95. The number of ether oxygens (including phenoxy) is 1. The van der Waals surface area contributed by atoms with E-state index in [2.05, 4.69) is 55.0 Å². The number of methoxy groups -OCH3 is 1. The van der Waals surface area contributed by atoms with Gasteiger partial charge in [0.15, 0.2) is 5.96 Å². The number of hydrogen-bond donors (Lipinski definition) is 2. The van der Waals surface area contributed by atoms with Crippen LogP contribution in [0.2, 0.25) is 0 Å². The Morgan fingerprint density at radius 2 is 1.77 bits per heavy atom. The minimum absolute atomic E-state index is 0. The predicted molar refractivity (Wildman–Crippen MR) is 135 cm³/mol. The van der Waals surface area contributed by atoms with E-state index in [4.69, 9.17) is 4.74 Å². The highest BCUT2D eigenvalue weighted by Gasteiger charge is 2.22. The molecule has 0 saturated carbocycles. The Labute approximate surface area is 202 Å². The van der Waals surface area contributed by atoms with E-state index >= 15 is 0 Å². The lowest BCUT2D eigenvalue weighted by Crippen LogP contribution is -2.44. The quantitative estimate of drug-likeness (QED) is 0.208. The fraction of sp³-hybridized carbons (Fsp3) is 0.591. The second kappa shape index (κ2) is 14.2. The molecule has 2 heterocycles. The van der Waals surface area contributed by atoms with E-state index in [1.165, 1.54) is 24.8 Å². The van der Waals surface area contributed by atoms with E-state index in [0.717, 1.165) is 57.3 Å². The summed E-state index contributed by atoms with van der Waals surface area (Å²) in [6, 6.07) is 8.79. The van der Waals surface area contributed by atoms with Crippen molar-refractivity contribution in [2.75, 3.05) is 40.3 Å². The summed E-state index contributed by atoms with van der Waals surface area (Å²) in [5.41, 5.74) is 1.31. The van der Waals surface area contributed by atoms with Crippen molar-refractivity contribution in [1.29, 1.82) is 0 Å². The molecule has 172 valence electrons. The molecule has 1 aliphatic heterocycles. The number of piperidine rings is 1. The van der Waals surface area contributed by atoms with Crippen LogP contribution in [0.3, 0.4) is 0 Å². The van der Waals surface area contributed by atoms with Gasteiger partial charge in [0.05, 0.1) is 13.2 Å². The molecular weight excluding hydrogens is 505 g/mol. The molecule has 1 aromatic carbocycles. The molecule has 0 aliphatic carbocycles. The molecule has 3 rings (SSSR count). The molecule has 0 spiro atoms. The molecule has 1 unspecified atom stereocenters. The zero-order valence-electron chi connectivity index (χ0n) is 18.7. The lowest BCUT2D eigenvalue weighted by Gasteiger charge is -2.35. The first kappa shape index (κ1) is 25.4. The van der Waals surface area contributed by atoms with Gasteiger partial charge in [-0.25, -0.2) is 0 Å². The lowest BCUT2D eigenvalue weighted by atomic mass is 10.0. The van der Waals surface area contributed by atoms with Gasteiger partial charge in [-0.15, -0.1) is 34.2 Å². The first-order chi connectivity index (χ1) is 14.8. The van der Waals surface area contributed by atoms with Crippen LogP contribution in [0.25, 0.3) is 0 Å². The lowest BCUT2D eigenvalue weighted by molar-refractivity contribution is 0.164. The highest BCUT2D eigenvalue weighted by molar-refractivity contribution is 14.0. The third-order valence-corrected chi connectivity index (χ3v) is 5.62. The SMILES string of the molecule is CN=C(NCCCCn1cnnc1)NCC(c1ccc(OC)cc1)N1CCCCC1.I. The average molecular weight is 541 g/mol. The predicted octanol–water partition coefficient (Wildman–Crippen LogP) is 3.08. The maximum Gasteiger partial charge on any atom is 0.191 e. The normalized spacial score (nSPS) is 15.7. The first-order valence-corrected chi connectivity index (χ1v) is 10.9. The highest BCUT2D eigenvalue weighted by Crippen LogP contribution is 2.25. The van der Waals surface area contributed by atoms with E-state index in [-0.39, 0.29) is 24.0 Å². The van der Waals surface area contributed by atoms with Crippen LogP contribution in [0.1, 0.15) is 43.7 Å². The van der Waals surface area contributed by atoms with Gasteiger partial charge in [0.2, 0.25) is 0 Å². The minimum Gasteiger partial charge on any atom is -0.497 e. The summed E-state index contributed by atoms with van der Waals surface area (Å²) in [6.07, 6.45) is 9.52. The van der Waals surface area contributed by atoms with E-state index in [9.17, 15) is 0 Å². The van der Waals surface area contributed by atoms with Crippen LogP contribution in [0.4, 0.5) is 0 Å². The van der Waals surface area contributed by atoms with Crippen LogP contribution in [0, 0.1) is 0 Å². The number of benzene rings is 1. The second-order valence-electron chi connectivity index (χ2n) is 7.67. The summed E-state index contributed by atoms with van der Waals surface area (Å²) in [5.74, 6) is 1.75. The molecule has 1 fully saturated rings. The van der Waals surface area contributed by atoms with Crippen molar-refractivity contribution in [3.05, 3.63) is 42.5 Å². The van der Waals surface area contributed by atoms with Crippen molar-refractivity contribution in [2.45, 2.75) is 44.7 Å². The standard InChI is InChI=1S/C22H35N7O.HI/c1-23-22(24-12-4-7-13-28-17-26-27-18-28)25-16-21(29-14-5-3-6-15-29)19-8-10-20(30-2)11-9-19;/h8-11,17-18,21H,3-7,12-16H2,1-2H3,(H2,23,24,25);1H. The largest absolute Gasteiger partial charge is 0.497 e. The van der Waals surface area contributed by atoms with Crippen LogP contribution in [-0.4, -0.2) is 66.0 Å². The molecule has 0 bridgehead atoms. The molecule has 1 aliphatic rings. The molecule has 31 heavy (non-hydrogen) atoms. The monoisotopic (exact) mass is 541 g/mol. The first-order valence-electron chi connectivity index (χ1n) is 10.9. The third kappa shape index (κ3) is 8.29. The maximum atomic E-state index is 5.33. The number of nitrogens with one attached hydrogen (secondary N) is 2. The Morgan fingerprint density at radius 3 is 2.42 bits per heavy atom. The Morgan fingerprint density at radius 1 is 1.06 bits per heavy atom. The van der Waals surface area contributed by atoms with Crippen LogP contribution in [0.5, 0.6) is 5.75 Å². The number of aryl methyl sites for hydroxylation is 1. The molecule has 0 radical (unpaired) electrons. The molecule has 2 N–H and O–H groups in total. The number of nitrogens with zero attached hydrogens (tertiary/aromatic N) is 5. The van der Waals surface area contributed by atoms with Crippen molar-refractivity contribution in [2.24, 2.45) is 4.99 Å². The number of aliphatic imine (C=N–C) groups is 1. The number of halogens is 1. The number of aromatic nitrogens is 3. The maximum absolute atomic E-state index is 5.33. The Balaban J connectivity index is 0.00000341. The minimum atomic E-state index is 0. The summed E-state index contributed by atoms with van der Waals surface area (Å²) in [5, 5.41) is 14.6. The van der Waals surface area contributed by atoms with Gasteiger partial charge in [-0.2, -0.15) is 0 Å². The van der Waals surface area contributed by atoms with Crippen LogP contribution in [0.15, 0.2) is 41.9 Å². The topological polar surface area (TPSA) is 79.6 Å². The van der Waals surface area contributed by atoms with E-state index in [1.54, 1.807) is 19.8 Å². The highest BCUT2D eigenvalue weighted by atomic mass is 127. The van der Waals surface area contributed by atoms with E-state index in [0.29, 0.717) is 6.04 Å². The zero-order chi connectivity index (χ0) is 21.0. The van der Waals surface area contributed by atoms with Crippen LogP contribution >= 0.6 is 24.0 Å². The number of guanidine groups is 1. The Bertz CT molecular complexity index is 746. The van der Waals surface area contributed by atoms with Crippen molar-refractivity contribution >= 4 is 29.9 Å². The van der Waals surface area contributed by atoms with Gasteiger partial charge >= 0.3 is 0 Å². The summed E-state index contributed by atoms with van der Waals surface area (Å²) < 4.78 is 7.34. The van der Waals surface area contributed by atoms with Crippen molar-refractivity contribution in [3.8, 4) is 5.75 Å². The molecule has 8 nitrogen and oxygen atoms in total. The van der Waals surface area contributed by atoms with Gasteiger partial charge in [-0.3, -0.25) is 9.89 Å². The van der Waals surface area contributed by atoms with Crippen molar-refractivity contribution in [3.63, 3.8) is 0 Å². The Kier molecular flexibility index (Phi) is 11.7. The van der Waals surface area contributed by atoms with Gasteiger partial charge in [0.1, 0.15) is 18.4 Å². The van der Waals surface area contributed by atoms with Crippen molar-refractivity contribution < 1.29 is 4.74 Å².